The van der Waals surface area contributed by atoms with E-state index < -0.39 is 33.0 Å². The molecular formula is C17H16ClF3N2O3. The van der Waals surface area contributed by atoms with Gasteiger partial charge in [0, 0.05) is 18.2 Å². The number of aliphatic hydroxyl groups is 1. The summed E-state index contributed by atoms with van der Waals surface area (Å²) in [6, 6.07) is 7.92. The zero-order chi connectivity index (χ0) is 19.7. The van der Waals surface area contributed by atoms with Crippen molar-refractivity contribution in [1.82, 2.24) is 0 Å². The summed E-state index contributed by atoms with van der Waals surface area (Å²) in [4.78, 5) is 10.2. The lowest BCUT2D eigenvalue weighted by Gasteiger charge is -2.17. The number of halogens is 4. The average Bonchev–Trinajstić information content (AvgIpc) is 2.46. The Morgan fingerprint density at radius 3 is 2.23 bits per heavy atom. The Morgan fingerprint density at radius 2 is 1.77 bits per heavy atom. The van der Waals surface area contributed by atoms with E-state index in [0.29, 0.717) is 18.2 Å². The maximum absolute atomic E-state index is 12.9. The zero-order valence-electron chi connectivity index (χ0n) is 13.9. The van der Waals surface area contributed by atoms with Crippen molar-refractivity contribution in [3.63, 3.8) is 0 Å². The predicted molar refractivity (Wildman–Crippen MR) is 92.8 cm³/mol. The van der Waals surface area contributed by atoms with Crippen LogP contribution >= 0.6 is 11.6 Å². The lowest BCUT2D eigenvalue weighted by molar-refractivity contribution is -0.384. The molecule has 0 aliphatic rings. The van der Waals surface area contributed by atoms with Crippen LogP contribution in [0.15, 0.2) is 36.4 Å². The molecule has 0 unspecified atom stereocenters. The number of benzene rings is 2. The largest absolute Gasteiger partial charge is 0.418 e. The van der Waals surface area contributed by atoms with Crippen molar-refractivity contribution in [2.45, 2.75) is 32.0 Å². The summed E-state index contributed by atoms with van der Waals surface area (Å²) < 4.78 is 38.6. The monoisotopic (exact) mass is 388 g/mol. The molecule has 2 rings (SSSR count). The minimum atomic E-state index is -4.79. The predicted octanol–water partition coefficient (Wildman–Crippen LogP) is 5.32. The highest BCUT2D eigenvalue weighted by Gasteiger charge is 2.36. The van der Waals surface area contributed by atoms with Crippen LogP contribution in [0, 0.1) is 10.1 Å². The molecule has 0 saturated heterocycles. The second kappa shape index (κ2) is 7.13. The van der Waals surface area contributed by atoms with Gasteiger partial charge in [0.2, 0.25) is 0 Å². The van der Waals surface area contributed by atoms with E-state index in [1.165, 1.54) is 0 Å². The first-order chi connectivity index (χ1) is 11.9. The topological polar surface area (TPSA) is 75.4 Å². The second-order valence-electron chi connectivity index (χ2n) is 6.42. The smallest absolute Gasteiger partial charge is 0.390 e. The van der Waals surface area contributed by atoms with Crippen LogP contribution in [0.4, 0.5) is 30.2 Å². The molecule has 0 amide bonds. The van der Waals surface area contributed by atoms with Crippen molar-refractivity contribution < 1.29 is 23.2 Å². The Balaban J connectivity index is 2.34. The number of hydrogen-bond acceptors (Lipinski definition) is 4. The molecule has 0 aliphatic carbocycles. The average molecular weight is 389 g/mol. The summed E-state index contributed by atoms with van der Waals surface area (Å²) in [7, 11) is 0. The molecule has 140 valence electrons. The van der Waals surface area contributed by atoms with Gasteiger partial charge < -0.3 is 10.4 Å². The highest BCUT2D eigenvalue weighted by atomic mass is 35.5. The molecule has 0 aromatic heterocycles. The molecule has 0 radical (unpaired) electrons. The Labute approximate surface area is 152 Å². The molecule has 2 N–H and O–H groups in total. The minimum Gasteiger partial charge on any atom is -0.390 e. The number of nitro groups is 1. The van der Waals surface area contributed by atoms with E-state index in [0.717, 1.165) is 11.6 Å². The van der Waals surface area contributed by atoms with Crippen molar-refractivity contribution >= 4 is 28.7 Å². The Bertz CT molecular complexity index is 816. The van der Waals surface area contributed by atoms with E-state index >= 15 is 0 Å². The van der Waals surface area contributed by atoms with Gasteiger partial charge in [0.05, 0.1) is 21.1 Å². The highest BCUT2D eigenvalue weighted by Crippen LogP contribution is 2.41. The number of nitrogens with one attached hydrogen (secondary N) is 1. The number of rotatable bonds is 5. The summed E-state index contributed by atoms with van der Waals surface area (Å²) in [5.41, 5.74) is -1.77. The van der Waals surface area contributed by atoms with E-state index in [-0.39, 0.29) is 5.69 Å². The third-order valence-electron chi connectivity index (χ3n) is 3.46. The fraction of sp³-hybridized carbons (Fsp3) is 0.294. The van der Waals surface area contributed by atoms with Crippen molar-refractivity contribution in [3.8, 4) is 0 Å². The Morgan fingerprint density at radius 1 is 1.19 bits per heavy atom. The van der Waals surface area contributed by atoms with Crippen molar-refractivity contribution in [2.75, 3.05) is 5.32 Å². The summed E-state index contributed by atoms with van der Waals surface area (Å²) >= 11 is 5.64. The second-order valence-corrected chi connectivity index (χ2v) is 6.82. The van der Waals surface area contributed by atoms with Gasteiger partial charge in [-0.1, -0.05) is 23.7 Å². The molecule has 0 atom stereocenters. The number of hydrogen-bond donors (Lipinski definition) is 2. The number of nitro benzene ring substituents is 1. The van der Waals surface area contributed by atoms with Crippen molar-refractivity contribution in [2.24, 2.45) is 0 Å². The van der Waals surface area contributed by atoms with Crippen molar-refractivity contribution in [1.29, 1.82) is 0 Å². The van der Waals surface area contributed by atoms with Crippen LogP contribution in [0.3, 0.4) is 0 Å². The molecule has 2 aromatic carbocycles. The van der Waals surface area contributed by atoms with E-state index in [1.54, 1.807) is 38.1 Å². The number of anilines is 2. The summed E-state index contributed by atoms with van der Waals surface area (Å²) in [5, 5.41) is 23.0. The molecule has 0 fully saturated rings. The van der Waals surface area contributed by atoms with Gasteiger partial charge in [-0.2, -0.15) is 13.2 Å². The maximum atomic E-state index is 12.9. The van der Waals surface area contributed by atoms with Gasteiger partial charge in [-0.3, -0.25) is 10.1 Å². The zero-order valence-corrected chi connectivity index (χ0v) is 14.6. The van der Waals surface area contributed by atoms with Gasteiger partial charge in [-0.15, -0.1) is 0 Å². The first-order valence-corrected chi connectivity index (χ1v) is 7.88. The van der Waals surface area contributed by atoms with Gasteiger partial charge in [0.15, 0.2) is 0 Å². The normalized spacial score (nSPS) is 12.1. The first kappa shape index (κ1) is 20.0. The first-order valence-electron chi connectivity index (χ1n) is 7.50. The third-order valence-corrected chi connectivity index (χ3v) is 3.77. The molecule has 9 heteroatoms. The molecular weight excluding hydrogens is 373 g/mol. The van der Waals surface area contributed by atoms with Gasteiger partial charge in [-0.05, 0) is 37.6 Å². The lowest BCUT2D eigenvalue weighted by Crippen LogP contribution is -2.21. The number of alkyl halides is 3. The molecule has 0 heterocycles. The molecule has 0 bridgehead atoms. The van der Waals surface area contributed by atoms with Crippen molar-refractivity contribution in [3.05, 3.63) is 62.7 Å². The quantitative estimate of drug-likeness (QED) is 0.536. The number of nitrogens with zero attached hydrogens (tertiary/aromatic N) is 1. The molecule has 2 aromatic rings. The maximum Gasteiger partial charge on any atom is 0.418 e. The van der Waals surface area contributed by atoms with Crippen LogP contribution in [0.25, 0.3) is 0 Å². The Kier molecular flexibility index (Phi) is 5.48. The summed E-state index contributed by atoms with van der Waals surface area (Å²) in [6.45, 7) is 3.32. The van der Waals surface area contributed by atoms with Gasteiger partial charge >= 0.3 is 6.18 Å². The van der Waals surface area contributed by atoms with Crippen LogP contribution in [-0.2, 0) is 12.6 Å². The molecule has 0 aliphatic heterocycles. The summed E-state index contributed by atoms with van der Waals surface area (Å²) in [6.07, 6.45) is -4.39. The SMILES string of the molecule is CC(C)(O)Cc1ccc(Nc2cc(Cl)c(C(F)(F)F)cc2[N+](=O)[O-])cc1. The fourth-order valence-electron chi connectivity index (χ4n) is 2.39. The van der Waals surface area contributed by atoms with Gasteiger partial charge in [-0.25, -0.2) is 0 Å². The van der Waals surface area contributed by atoms with Crippen LogP contribution in [0.5, 0.6) is 0 Å². The molecule has 0 saturated carbocycles. The fourth-order valence-corrected chi connectivity index (χ4v) is 2.66. The lowest BCUT2D eigenvalue weighted by atomic mass is 9.99. The standard InChI is InChI=1S/C17H16ClF3N2O3/c1-16(2,24)9-10-3-5-11(6-4-10)22-14-8-13(18)12(17(19,20)21)7-15(14)23(25)26/h3-8,22,24H,9H2,1-2H3. The molecule has 0 spiro atoms. The van der Waals surface area contributed by atoms with Crippen LogP contribution in [0.1, 0.15) is 25.0 Å². The van der Waals surface area contributed by atoms with Gasteiger partial charge in [0.25, 0.3) is 5.69 Å². The Hall–Kier alpha value is -2.32. The molecule has 26 heavy (non-hydrogen) atoms. The van der Waals surface area contributed by atoms with E-state index in [1.807, 2.05) is 0 Å². The van der Waals surface area contributed by atoms with E-state index in [2.05, 4.69) is 5.32 Å². The third kappa shape index (κ3) is 5.09. The van der Waals surface area contributed by atoms with E-state index in [9.17, 15) is 28.4 Å². The highest BCUT2D eigenvalue weighted by molar-refractivity contribution is 6.31. The van der Waals surface area contributed by atoms with Gasteiger partial charge in [0.1, 0.15) is 5.69 Å². The molecule has 5 nitrogen and oxygen atoms in total. The van der Waals surface area contributed by atoms with E-state index in [4.69, 9.17) is 11.6 Å². The summed E-state index contributed by atoms with van der Waals surface area (Å²) in [5.74, 6) is 0. The minimum absolute atomic E-state index is 0.150. The van der Waals surface area contributed by atoms with Crippen LogP contribution in [0.2, 0.25) is 5.02 Å². The van der Waals surface area contributed by atoms with Crippen LogP contribution < -0.4 is 5.32 Å². The van der Waals surface area contributed by atoms with Crippen LogP contribution in [-0.4, -0.2) is 15.6 Å².